The fourth-order valence-electron chi connectivity index (χ4n) is 5.63. The molecule has 4 heterocycles. The monoisotopic (exact) mass is 617 g/mol. The van der Waals surface area contributed by atoms with Crippen molar-refractivity contribution in [1.29, 1.82) is 0 Å². The zero-order chi connectivity index (χ0) is 32.3. The van der Waals surface area contributed by atoms with Crippen LogP contribution in [0.3, 0.4) is 0 Å². The Hall–Kier alpha value is -5.47. The van der Waals surface area contributed by atoms with Gasteiger partial charge in [-0.1, -0.05) is 12.2 Å². The van der Waals surface area contributed by atoms with E-state index in [1.165, 1.54) is 0 Å². The van der Waals surface area contributed by atoms with Gasteiger partial charge >= 0.3 is 6.09 Å². The summed E-state index contributed by atoms with van der Waals surface area (Å²) in [4.78, 5) is 47.7. The molecule has 2 aromatic carbocycles. The van der Waals surface area contributed by atoms with Gasteiger partial charge in [-0.25, -0.2) is 14.8 Å². The number of benzene rings is 2. The highest BCUT2D eigenvalue weighted by Crippen LogP contribution is 2.38. The van der Waals surface area contributed by atoms with E-state index < -0.39 is 28.9 Å². The van der Waals surface area contributed by atoms with Gasteiger partial charge in [0, 0.05) is 37.3 Å². The Balaban J connectivity index is 1.45. The van der Waals surface area contributed by atoms with Gasteiger partial charge in [0.05, 0.1) is 16.4 Å². The zero-order valence-corrected chi connectivity index (χ0v) is 25.2. The molecule has 0 bridgehead atoms. The van der Waals surface area contributed by atoms with Crippen molar-refractivity contribution in [3.05, 3.63) is 47.5 Å². The lowest BCUT2D eigenvalue weighted by Crippen LogP contribution is -2.64. The van der Waals surface area contributed by atoms with Gasteiger partial charge in [-0.05, 0) is 45.0 Å². The van der Waals surface area contributed by atoms with Crippen LogP contribution < -0.4 is 32.4 Å². The number of ether oxygens (including phenoxy) is 3. The van der Waals surface area contributed by atoms with E-state index >= 15 is 0 Å². The summed E-state index contributed by atoms with van der Waals surface area (Å²) < 4.78 is 21.9. The highest BCUT2D eigenvalue weighted by Gasteiger charge is 2.48. The molecule has 0 atom stereocenters. The smallest absolute Gasteiger partial charge is 0.410 e. The average Bonchev–Trinajstić information content (AvgIpc) is 3.42. The van der Waals surface area contributed by atoms with Gasteiger partial charge in [0.15, 0.2) is 0 Å². The maximum absolute atomic E-state index is 12.9. The van der Waals surface area contributed by atoms with Gasteiger partial charge in [-0.2, -0.15) is 0 Å². The summed E-state index contributed by atoms with van der Waals surface area (Å²) in [5, 5.41) is 0. The van der Waals surface area contributed by atoms with Crippen molar-refractivity contribution >= 4 is 51.9 Å². The number of nitrogens with zero attached hydrogens (tertiary/aromatic N) is 5. The van der Waals surface area contributed by atoms with Crippen molar-refractivity contribution in [2.45, 2.75) is 39.5 Å². The highest BCUT2D eigenvalue weighted by molar-refractivity contribution is 5.99. The molecule has 45 heavy (non-hydrogen) atoms. The second kappa shape index (κ2) is 10.6. The van der Waals surface area contributed by atoms with E-state index in [2.05, 4.69) is 9.97 Å². The number of allylic oxidation sites excluding steroid dienone is 2. The van der Waals surface area contributed by atoms with Gasteiger partial charge in [0.25, 0.3) is 0 Å². The molecule has 15 nitrogen and oxygen atoms in total. The van der Waals surface area contributed by atoms with Crippen molar-refractivity contribution in [2.75, 3.05) is 37.8 Å². The molecule has 2 aliphatic heterocycles. The Morgan fingerprint density at radius 1 is 0.800 bits per heavy atom. The SMILES string of the molecule is CC(C)(C)OC(=O)N1CC2(COc3cc(C(N)=O)cc4nc(N)n(c34)C/C=C/Cn3c(N)nc4cc(C(N)=O)cc(c43)OC2)C1. The van der Waals surface area contributed by atoms with E-state index in [-0.39, 0.29) is 49.3 Å². The highest BCUT2D eigenvalue weighted by atomic mass is 16.6. The summed E-state index contributed by atoms with van der Waals surface area (Å²) in [6, 6.07) is 6.25. The number of nitrogen functional groups attached to an aromatic ring is 2. The molecule has 1 saturated heterocycles. The predicted octanol–water partition coefficient (Wildman–Crippen LogP) is 2.01. The van der Waals surface area contributed by atoms with Crippen LogP contribution in [0.15, 0.2) is 36.4 Å². The molecule has 0 aliphatic carbocycles. The topological polar surface area (TPSA) is 222 Å². The summed E-state index contributed by atoms with van der Waals surface area (Å²) in [5.41, 5.74) is 24.9. The quantitative estimate of drug-likeness (QED) is 0.240. The molecular weight excluding hydrogens is 582 g/mol. The maximum atomic E-state index is 12.9. The molecule has 2 aromatic heterocycles. The number of carbonyl (C=O) groups is 3. The predicted molar refractivity (Wildman–Crippen MR) is 166 cm³/mol. The lowest BCUT2D eigenvalue weighted by atomic mass is 9.81. The molecule has 6 rings (SSSR count). The van der Waals surface area contributed by atoms with Gasteiger partial charge in [0.1, 0.15) is 41.3 Å². The van der Waals surface area contributed by atoms with E-state index in [4.69, 9.17) is 37.1 Å². The van der Waals surface area contributed by atoms with Crippen LogP contribution in [0.2, 0.25) is 0 Å². The number of hydrogen-bond donors (Lipinski definition) is 4. The lowest BCUT2D eigenvalue weighted by Gasteiger charge is -2.49. The summed E-state index contributed by atoms with van der Waals surface area (Å²) >= 11 is 0. The van der Waals surface area contributed by atoms with Crippen molar-refractivity contribution in [3.8, 4) is 11.5 Å². The molecule has 8 N–H and O–H groups in total. The van der Waals surface area contributed by atoms with E-state index in [0.29, 0.717) is 46.7 Å². The molecule has 4 aromatic rings. The molecule has 0 unspecified atom stereocenters. The molecule has 1 spiro atoms. The van der Waals surface area contributed by atoms with E-state index in [0.717, 1.165) is 0 Å². The Bertz CT molecular complexity index is 1780. The Morgan fingerprint density at radius 2 is 1.24 bits per heavy atom. The number of imidazole rings is 2. The largest absolute Gasteiger partial charge is 0.490 e. The minimum atomic E-state index is -0.730. The molecule has 3 amide bonds. The number of hydrogen-bond acceptors (Lipinski definition) is 10. The third-order valence-corrected chi connectivity index (χ3v) is 7.76. The van der Waals surface area contributed by atoms with Crippen LogP contribution in [0.25, 0.3) is 22.1 Å². The van der Waals surface area contributed by atoms with Crippen LogP contribution in [0, 0.1) is 5.41 Å². The standard InChI is InChI=1S/C30H35N9O6/c1-29(2,3)45-28(42)37-12-30(13-37)14-43-20-10-16(24(31)40)8-18-22(20)38(26(33)35-18)6-4-5-7-39-23-19(36-27(39)34)9-17(25(32)41)11-21(23)44-15-30/h4-5,8-11H,6-7,12-15H2,1-3H3,(H2,31,40)(H2,32,41)(H2,33,35)(H2,34,36)/b5-4+. The molecular formula is C30H35N9O6. The number of anilines is 2. The fourth-order valence-corrected chi connectivity index (χ4v) is 5.63. The van der Waals surface area contributed by atoms with Gasteiger partial charge in [-0.15, -0.1) is 0 Å². The van der Waals surface area contributed by atoms with Gasteiger partial charge in [-0.3, -0.25) is 9.59 Å². The zero-order valence-electron chi connectivity index (χ0n) is 25.2. The first-order chi connectivity index (χ1) is 21.2. The van der Waals surface area contributed by atoms with Gasteiger partial charge < -0.3 is 51.2 Å². The molecule has 236 valence electrons. The van der Waals surface area contributed by atoms with Crippen LogP contribution in [0.1, 0.15) is 41.5 Å². The molecule has 2 aliphatic rings. The third-order valence-electron chi connectivity index (χ3n) is 7.76. The van der Waals surface area contributed by atoms with Crippen molar-refractivity contribution in [3.63, 3.8) is 0 Å². The van der Waals surface area contributed by atoms with E-state index in [1.807, 2.05) is 12.2 Å². The Labute approximate surface area is 257 Å². The number of amides is 3. The Morgan fingerprint density at radius 3 is 1.64 bits per heavy atom. The average molecular weight is 618 g/mol. The van der Waals surface area contributed by atoms with Crippen LogP contribution in [0.5, 0.6) is 11.5 Å². The Kier molecular flexibility index (Phi) is 6.98. The second-order valence-corrected chi connectivity index (χ2v) is 12.5. The number of nitrogens with two attached hydrogens (primary N) is 4. The summed E-state index contributed by atoms with van der Waals surface area (Å²) in [6.07, 6.45) is 3.31. The third kappa shape index (κ3) is 5.52. The minimum absolute atomic E-state index is 0.0740. The summed E-state index contributed by atoms with van der Waals surface area (Å²) in [5.74, 6) is -0.160. The van der Waals surface area contributed by atoms with Crippen LogP contribution in [-0.2, 0) is 17.8 Å². The number of likely N-dealkylation sites (tertiary alicyclic amines) is 1. The first-order valence-electron chi connectivity index (χ1n) is 14.3. The number of carbonyl (C=O) groups excluding carboxylic acids is 3. The van der Waals surface area contributed by atoms with Crippen molar-refractivity contribution in [1.82, 2.24) is 24.0 Å². The minimum Gasteiger partial charge on any atom is -0.490 e. The number of primary amides is 2. The molecule has 1 fully saturated rings. The first-order valence-corrected chi connectivity index (χ1v) is 14.3. The van der Waals surface area contributed by atoms with Crippen LogP contribution in [-0.4, -0.2) is 73.8 Å². The lowest BCUT2D eigenvalue weighted by molar-refractivity contribution is -0.0692. The normalized spacial score (nSPS) is 17.1. The summed E-state index contributed by atoms with van der Waals surface area (Å²) in [7, 11) is 0. The van der Waals surface area contributed by atoms with E-state index in [1.54, 1.807) is 59.1 Å². The van der Waals surface area contributed by atoms with Crippen LogP contribution >= 0.6 is 0 Å². The molecule has 0 saturated carbocycles. The van der Waals surface area contributed by atoms with Crippen molar-refractivity contribution < 1.29 is 28.6 Å². The number of rotatable bonds is 2. The van der Waals surface area contributed by atoms with Crippen LogP contribution in [0.4, 0.5) is 16.7 Å². The first kappa shape index (κ1) is 29.6. The summed E-state index contributed by atoms with van der Waals surface area (Å²) in [6.45, 7) is 6.67. The fraction of sp³-hybridized carbons (Fsp3) is 0.367. The van der Waals surface area contributed by atoms with Crippen molar-refractivity contribution in [2.24, 2.45) is 16.9 Å². The molecule has 0 radical (unpaired) electrons. The number of aromatic nitrogens is 4. The second-order valence-electron chi connectivity index (χ2n) is 12.5. The van der Waals surface area contributed by atoms with E-state index in [9.17, 15) is 14.4 Å². The van der Waals surface area contributed by atoms with Gasteiger partial charge in [0.2, 0.25) is 23.7 Å². The maximum Gasteiger partial charge on any atom is 0.410 e. The molecule has 15 heteroatoms.